The Hall–Kier alpha value is -2.69. The molecular weight excluding hydrogens is 326 g/mol. The van der Waals surface area contributed by atoms with Crippen LogP contribution in [-0.2, 0) is 6.42 Å². The topological polar surface area (TPSA) is 44.8 Å². The number of hydrogen-bond donors (Lipinski definition) is 1. The van der Waals surface area contributed by atoms with Gasteiger partial charge in [-0.2, -0.15) is 0 Å². The molecule has 0 unspecified atom stereocenters. The van der Waals surface area contributed by atoms with Crippen LogP contribution in [0.2, 0.25) is 0 Å². The van der Waals surface area contributed by atoms with Crippen molar-refractivity contribution in [2.24, 2.45) is 0 Å². The van der Waals surface area contributed by atoms with Gasteiger partial charge in [-0.1, -0.05) is 25.1 Å². The summed E-state index contributed by atoms with van der Waals surface area (Å²) in [5.74, 6) is 0.858. The van der Waals surface area contributed by atoms with E-state index >= 15 is 0 Å². The first-order chi connectivity index (χ1) is 12.6. The summed E-state index contributed by atoms with van der Waals surface area (Å²) >= 11 is 0. The van der Waals surface area contributed by atoms with Gasteiger partial charge in [-0.15, -0.1) is 0 Å². The molecule has 0 radical (unpaired) electrons. The first-order valence-corrected chi connectivity index (χ1v) is 9.15. The third-order valence-corrected chi connectivity index (χ3v) is 4.98. The Bertz CT molecular complexity index is 750. The average molecular weight is 353 g/mol. The van der Waals surface area contributed by atoms with E-state index < -0.39 is 0 Å². The average Bonchev–Trinajstić information content (AvgIpc) is 2.69. The standard InChI is InChI=1S/C21H27N3O2/c1-4-17-7-5-6-16(2)20(17)22-21(25)24-14-12-23(13-15-24)18-8-10-19(26-3)11-9-18/h5-11H,4,12-15H2,1-3H3,(H,22,25). The summed E-state index contributed by atoms with van der Waals surface area (Å²) in [6.07, 6.45) is 0.905. The van der Waals surface area contributed by atoms with Gasteiger partial charge in [0.25, 0.3) is 0 Å². The predicted octanol–water partition coefficient (Wildman–Crippen LogP) is 3.92. The summed E-state index contributed by atoms with van der Waals surface area (Å²) in [5, 5.41) is 3.12. The van der Waals surface area contributed by atoms with Gasteiger partial charge in [-0.25, -0.2) is 4.79 Å². The number of methoxy groups -OCH3 is 1. The van der Waals surface area contributed by atoms with E-state index in [2.05, 4.69) is 35.3 Å². The molecule has 5 nitrogen and oxygen atoms in total. The van der Waals surface area contributed by atoms with Gasteiger partial charge in [0.1, 0.15) is 5.75 Å². The summed E-state index contributed by atoms with van der Waals surface area (Å²) in [6.45, 7) is 7.23. The van der Waals surface area contributed by atoms with Crippen LogP contribution in [0, 0.1) is 6.92 Å². The number of piperazine rings is 1. The zero-order chi connectivity index (χ0) is 18.5. The third kappa shape index (κ3) is 3.93. The molecule has 0 bridgehead atoms. The van der Waals surface area contributed by atoms with E-state index in [-0.39, 0.29) is 6.03 Å². The summed E-state index contributed by atoms with van der Waals surface area (Å²) in [7, 11) is 1.67. The summed E-state index contributed by atoms with van der Waals surface area (Å²) in [4.78, 5) is 16.9. The second-order valence-corrected chi connectivity index (χ2v) is 6.56. The van der Waals surface area contributed by atoms with Gasteiger partial charge in [-0.05, 0) is 48.7 Å². The molecule has 1 fully saturated rings. The highest BCUT2D eigenvalue weighted by Gasteiger charge is 2.22. The lowest BCUT2D eigenvalue weighted by Crippen LogP contribution is -2.50. The highest BCUT2D eigenvalue weighted by molar-refractivity contribution is 5.91. The van der Waals surface area contributed by atoms with Crippen molar-refractivity contribution in [3.05, 3.63) is 53.6 Å². The molecular formula is C21H27N3O2. The van der Waals surface area contributed by atoms with Gasteiger partial charge in [0.15, 0.2) is 0 Å². The number of carbonyl (C=O) groups is 1. The van der Waals surface area contributed by atoms with E-state index in [4.69, 9.17) is 4.74 Å². The van der Waals surface area contributed by atoms with Gasteiger partial charge in [0.05, 0.1) is 7.11 Å². The predicted molar refractivity (Wildman–Crippen MR) is 106 cm³/mol. The zero-order valence-electron chi connectivity index (χ0n) is 15.8. The highest BCUT2D eigenvalue weighted by Crippen LogP contribution is 2.23. The Morgan fingerprint density at radius 3 is 2.38 bits per heavy atom. The molecule has 2 amide bonds. The quantitative estimate of drug-likeness (QED) is 0.906. The smallest absolute Gasteiger partial charge is 0.321 e. The number of urea groups is 1. The van der Waals surface area contributed by atoms with Crippen molar-refractivity contribution in [2.75, 3.05) is 43.5 Å². The normalized spacial score (nSPS) is 14.3. The molecule has 26 heavy (non-hydrogen) atoms. The molecule has 0 spiro atoms. The molecule has 0 atom stereocenters. The van der Waals surface area contributed by atoms with Gasteiger partial charge in [0.2, 0.25) is 0 Å². The van der Waals surface area contributed by atoms with E-state index in [0.717, 1.165) is 42.2 Å². The minimum absolute atomic E-state index is 0.0108. The van der Waals surface area contributed by atoms with Crippen LogP contribution in [0.4, 0.5) is 16.2 Å². The lowest BCUT2D eigenvalue weighted by Gasteiger charge is -2.36. The number of aryl methyl sites for hydroxylation is 2. The fourth-order valence-electron chi connectivity index (χ4n) is 3.35. The maximum atomic E-state index is 12.7. The minimum Gasteiger partial charge on any atom is -0.497 e. The van der Waals surface area contributed by atoms with Crippen molar-refractivity contribution in [3.63, 3.8) is 0 Å². The Labute approximate surface area is 155 Å². The second kappa shape index (κ2) is 8.13. The van der Waals surface area contributed by atoms with Crippen LogP contribution < -0.4 is 15.0 Å². The third-order valence-electron chi connectivity index (χ3n) is 4.98. The fraction of sp³-hybridized carbons (Fsp3) is 0.381. The zero-order valence-corrected chi connectivity index (χ0v) is 15.8. The highest BCUT2D eigenvalue weighted by atomic mass is 16.5. The van der Waals surface area contributed by atoms with Crippen molar-refractivity contribution in [1.82, 2.24) is 4.90 Å². The first kappa shape index (κ1) is 18.1. The number of rotatable bonds is 4. The lowest BCUT2D eigenvalue weighted by atomic mass is 10.1. The van der Waals surface area contributed by atoms with Crippen molar-refractivity contribution < 1.29 is 9.53 Å². The van der Waals surface area contributed by atoms with E-state index in [1.807, 2.05) is 36.1 Å². The number of ether oxygens (including phenoxy) is 1. The van der Waals surface area contributed by atoms with Crippen LogP contribution in [0.25, 0.3) is 0 Å². The summed E-state index contributed by atoms with van der Waals surface area (Å²) in [5.41, 5.74) is 4.40. The van der Waals surface area contributed by atoms with E-state index in [1.54, 1.807) is 7.11 Å². The molecule has 2 aromatic rings. The maximum absolute atomic E-state index is 12.7. The molecule has 1 aliphatic heterocycles. The number of benzene rings is 2. The van der Waals surface area contributed by atoms with Gasteiger partial charge < -0.3 is 19.9 Å². The monoisotopic (exact) mass is 353 g/mol. The molecule has 1 saturated heterocycles. The SMILES string of the molecule is CCc1cccc(C)c1NC(=O)N1CCN(c2ccc(OC)cc2)CC1. The van der Waals surface area contributed by atoms with Crippen LogP contribution in [0.1, 0.15) is 18.1 Å². The van der Waals surface area contributed by atoms with E-state index in [0.29, 0.717) is 13.1 Å². The second-order valence-electron chi connectivity index (χ2n) is 6.56. The Morgan fingerprint density at radius 1 is 1.08 bits per heavy atom. The molecule has 3 rings (SSSR count). The van der Waals surface area contributed by atoms with Crippen LogP contribution in [0.15, 0.2) is 42.5 Å². The molecule has 1 aliphatic rings. The molecule has 1 heterocycles. The van der Waals surface area contributed by atoms with E-state index in [9.17, 15) is 4.79 Å². The molecule has 5 heteroatoms. The largest absolute Gasteiger partial charge is 0.497 e. The van der Waals surface area contributed by atoms with Gasteiger partial charge >= 0.3 is 6.03 Å². The number of nitrogens with one attached hydrogen (secondary N) is 1. The number of nitrogens with zero attached hydrogens (tertiary/aromatic N) is 2. The van der Waals surface area contributed by atoms with Crippen molar-refractivity contribution in [1.29, 1.82) is 0 Å². The van der Waals surface area contributed by atoms with Crippen LogP contribution in [0.5, 0.6) is 5.75 Å². The Balaban J connectivity index is 1.60. The van der Waals surface area contributed by atoms with Crippen molar-refractivity contribution in [3.8, 4) is 5.75 Å². The van der Waals surface area contributed by atoms with E-state index in [1.165, 1.54) is 5.56 Å². The summed E-state index contributed by atoms with van der Waals surface area (Å²) < 4.78 is 5.21. The Morgan fingerprint density at radius 2 is 1.77 bits per heavy atom. The lowest BCUT2D eigenvalue weighted by molar-refractivity contribution is 0.208. The molecule has 1 N–H and O–H groups in total. The number of hydrogen-bond acceptors (Lipinski definition) is 3. The summed E-state index contributed by atoms with van der Waals surface area (Å²) in [6, 6.07) is 14.2. The molecule has 2 aromatic carbocycles. The first-order valence-electron chi connectivity index (χ1n) is 9.15. The number of carbonyl (C=O) groups excluding carboxylic acids is 1. The number of anilines is 2. The number of amides is 2. The van der Waals surface area contributed by atoms with Crippen molar-refractivity contribution in [2.45, 2.75) is 20.3 Å². The molecule has 138 valence electrons. The van der Waals surface area contributed by atoms with Gasteiger partial charge in [-0.3, -0.25) is 0 Å². The van der Waals surface area contributed by atoms with Crippen molar-refractivity contribution >= 4 is 17.4 Å². The van der Waals surface area contributed by atoms with Crippen LogP contribution >= 0.6 is 0 Å². The fourth-order valence-corrected chi connectivity index (χ4v) is 3.35. The van der Waals surface area contributed by atoms with Gasteiger partial charge in [0, 0.05) is 37.6 Å². The Kier molecular flexibility index (Phi) is 5.66. The molecule has 0 aromatic heterocycles. The van der Waals surface area contributed by atoms with Crippen LogP contribution in [0.3, 0.4) is 0 Å². The van der Waals surface area contributed by atoms with Crippen LogP contribution in [-0.4, -0.2) is 44.2 Å². The number of para-hydroxylation sites is 1. The molecule has 0 saturated carbocycles. The molecule has 0 aliphatic carbocycles. The minimum atomic E-state index is -0.0108. The maximum Gasteiger partial charge on any atom is 0.321 e.